The van der Waals surface area contributed by atoms with Gasteiger partial charge in [0.1, 0.15) is 0 Å². The normalized spacial score (nSPS) is 12.1. The van der Waals surface area contributed by atoms with Gasteiger partial charge in [0, 0.05) is 5.69 Å². The Morgan fingerprint density at radius 2 is 1.65 bits per heavy atom. The van der Waals surface area contributed by atoms with Crippen LogP contribution >= 0.6 is 12.2 Å². The molecular formula is C20H26N2S. The summed E-state index contributed by atoms with van der Waals surface area (Å²) in [6, 6.07) is 15.0. The number of hydrogen-bond acceptors (Lipinski definition) is 1. The standard InChI is InChI=1S/C20H26N2S/c1-13(2)19(17-9-7-6-8-15(17)4)22-20(23)21-18-11-10-14(3)12-16(18)5/h6-13,19H,1-5H3,(H2,21,22,23)/t19-/m0/s1. The van der Waals surface area contributed by atoms with Gasteiger partial charge in [0.15, 0.2) is 5.11 Å². The average molecular weight is 327 g/mol. The van der Waals surface area contributed by atoms with Crippen LogP contribution in [0.1, 0.15) is 42.1 Å². The quantitative estimate of drug-likeness (QED) is 0.746. The van der Waals surface area contributed by atoms with E-state index in [4.69, 9.17) is 12.2 Å². The van der Waals surface area contributed by atoms with E-state index in [1.165, 1.54) is 22.3 Å². The molecule has 2 N–H and O–H groups in total. The lowest BCUT2D eigenvalue weighted by atomic mass is 9.93. The average Bonchev–Trinajstić information content (AvgIpc) is 2.48. The molecule has 3 heteroatoms. The van der Waals surface area contributed by atoms with E-state index in [9.17, 15) is 0 Å². The number of aryl methyl sites for hydroxylation is 3. The van der Waals surface area contributed by atoms with Gasteiger partial charge >= 0.3 is 0 Å². The molecule has 1 atom stereocenters. The highest BCUT2D eigenvalue weighted by atomic mass is 32.1. The molecule has 2 nitrogen and oxygen atoms in total. The third kappa shape index (κ3) is 4.55. The summed E-state index contributed by atoms with van der Waals surface area (Å²) >= 11 is 5.55. The van der Waals surface area contributed by atoms with E-state index in [0.29, 0.717) is 11.0 Å². The van der Waals surface area contributed by atoms with Gasteiger partial charge < -0.3 is 10.6 Å². The minimum absolute atomic E-state index is 0.196. The molecule has 0 saturated heterocycles. The zero-order valence-electron chi connectivity index (χ0n) is 14.6. The lowest BCUT2D eigenvalue weighted by Crippen LogP contribution is -2.35. The number of thiocarbonyl (C=S) groups is 1. The maximum atomic E-state index is 5.55. The fourth-order valence-corrected chi connectivity index (χ4v) is 3.03. The van der Waals surface area contributed by atoms with E-state index >= 15 is 0 Å². The lowest BCUT2D eigenvalue weighted by Gasteiger charge is -2.26. The molecule has 23 heavy (non-hydrogen) atoms. The fraction of sp³-hybridized carbons (Fsp3) is 0.350. The molecule has 2 aromatic rings. The van der Waals surface area contributed by atoms with Crippen molar-refractivity contribution in [1.82, 2.24) is 5.32 Å². The number of benzene rings is 2. The predicted molar refractivity (Wildman–Crippen MR) is 104 cm³/mol. The molecule has 0 aliphatic rings. The van der Waals surface area contributed by atoms with E-state index in [0.717, 1.165) is 5.69 Å². The van der Waals surface area contributed by atoms with Gasteiger partial charge in [0.25, 0.3) is 0 Å². The smallest absolute Gasteiger partial charge is 0.171 e. The largest absolute Gasteiger partial charge is 0.355 e. The Morgan fingerprint density at radius 3 is 2.26 bits per heavy atom. The van der Waals surface area contributed by atoms with Gasteiger partial charge in [0.2, 0.25) is 0 Å². The Balaban J connectivity index is 2.14. The van der Waals surface area contributed by atoms with Crippen LogP contribution in [-0.4, -0.2) is 5.11 Å². The van der Waals surface area contributed by atoms with Crippen LogP contribution in [0, 0.1) is 26.7 Å². The van der Waals surface area contributed by atoms with Crippen LogP contribution in [0.3, 0.4) is 0 Å². The summed E-state index contributed by atoms with van der Waals surface area (Å²) in [4.78, 5) is 0. The van der Waals surface area contributed by atoms with Gasteiger partial charge in [-0.1, -0.05) is 55.8 Å². The first-order valence-corrected chi connectivity index (χ1v) is 8.49. The monoisotopic (exact) mass is 326 g/mol. The summed E-state index contributed by atoms with van der Waals surface area (Å²) in [6.07, 6.45) is 0. The Morgan fingerprint density at radius 1 is 0.957 bits per heavy atom. The van der Waals surface area contributed by atoms with E-state index in [2.05, 4.69) is 87.7 Å². The van der Waals surface area contributed by atoms with Crippen molar-refractivity contribution in [2.45, 2.75) is 40.7 Å². The molecule has 0 amide bonds. The third-order valence-electron chi connectivity index (χ3n) is 4.11. The summed E-state index contributed by atoms with van der Waals surface area (Å²) in [7, 11) is 0. The molecule has 2 rings (SSSR count). The predicted octanol–water partition coefficient (Wildman–Crippen LogP) is 5.30. The van der Waals surface area contributed by atoms with Crippen LogP contribution < -0.4 is 10.6 Å². The molecule has 0 unspecified atom stereocenters. The molecular weight excluding hydrogens is 300 g/mol. The summed E-state index contributed by atoms with van der Waals surface area (Å²) in [5.41, 5.74) is 6.10. The van der Waals surface area contributed by atoms with Crippen molar-refractivity contribution >= 4 is 23.0 Å². The van der Waals surface area contributed by atoms with Crippen LogP contribution in [0.25, 0.3) is 0 Å². The van der Waals surface area contributed by atoms with Crippen molar-refractivity contribution in [3.8, 4) is 0 Å². The maximum absolute atomic E-state index is 5.55. The van der Waals surface area contributed by atoms with E-state index in [1.54, 1.807) is 0 Å². The van der Waals surface area contributed by atoms with Gasteiger partial charge in [-0.15, -0.1) is 0 Å². The van der Waals surface area contributed by atoms with Crippen molar-refractivity contribution in [2.75, 3.05) is 5.32 Å². The number of hydrogen-bond donors (Lipinski definition) is 2. The summed E-state index contributed by atoms with van der Waals surface area (Å²) in [5.74, 6) is 0.440. The van der Waals surface area contributed by atoms with Crippen LogP contribution in [0.4, 0.5) is 5.69 Å². The molecule has 0 bridgehead atoms. The molecule has 0 heterocycles. The topological polar surface area (TPSA) is 24.1 Å². The third-order valence-corrected chi connectivity index (χ3v) is 4.33. The minimum Gasteiger partial charge on any atom is -0.355 e. The van der Waals surface area contributed by atoms with E-state index in [1.807, 2.05) is 0 Å². The summed E-state index contributed by atoms with van der Waals surface area (Å²) < 4.78 is 0. The number of nitrogens with one attached hydrogen (secondary N) is 2. The zero-order valence-corrected chi connectivity index (χ0v) is 15.4. The van der Waals surface area contributed by atoms with E-state index < -0.39 is 0 Å². The van der Waals surface area contributed by atoms with E-state index in [-0.39, 0.29) is 6.04 Å². The summed E-state index contributed by atoms with van der Waals surface area (Å²) in [6.45, 7) is 10.8. The van der Waals surface area contributed by atoms with Gasteiger partial charge in [0.05, 0.1) is 6.04 Å². The second-order valence-corrected chi connectivity index (χ2v) is 6.90. The zero-order chi connectivity index (χ0) is 17.0. The maximum Gasteiger partial charge on any atom is 0.171 e. The highest BCUT2D eigenvalue weighted by Gasteiger charge is 2.18. The molecule has 0 aliphatic heterocycles. The van der Waals surface area contributed by atoms with Crippen LogP contribution in [0.15, 0.2) is 42.5 Å². The molecule has 0 saturated carbocycles. The first kappa shape index (κ1) is 17.5. The summed E-state index contributed by atoms with van der Waals surface area (Å²) in [5, 5.41) is 7.48. The van der Waals surface area contributed by atoms with Crippen molar-refractivity contribution in [1.29, 1.82) is 0 Å². The first-order chi connectivity index (χ1) is 10.9. The van der Waals surface area contributed by atoms with Gasteiger partial charge in [-0.2, -0.15) is 0 Å². The van der Waals surface area contributed by atoms with Crippen molar-refractivity contribution in [2.24, 2.45) is 5.92 Å². The number of anilines is 1. The molecule has 0 radical (unpaired) electrons. The van der Waals surface area contributed by atoms with Gasteiger partial charge in [-0.05, 0) is 61.7 Å². The Labute approximate surface area is 145 Å². The fourth-order valence-electron chi connectivity index (χ4n) is 2.79. The number of rotatable bonds is 4. The first-order valence-electron chi connectivity index (χ1n) is 8.08. The van der Waals surface area contributed by atoms with Gasteiger partial charge in [-0.25, -0.2) is 0 Å². The molecule has 0 aliphatic carbocycles. The minimum atomic E-state index is 0.196. The molecule has 122 valence electrons. The second kappa shape index (κ2) is 7.60. The lowest BCUT2D eigenvalue weighted by molar-refractivity contribution is 0.471. The van der Waals surface area contributed by atoms with Crippen molar-refractivity contribution < 1.29 is 0 Å². The molecule has 0 aromatic heterocycles. The molecule has 0 fully saturated rings. The van der Waals surface area contributed by atoms with Crippen LogP contribution in [0.5, 0.6) is 0 Å². The molecule has 0 spiro atoms. The molecule has 2 aromatic carbocycles. The van der Waals surface area contributed by atoms with Crippen LogP contribution in [0.2, 0.25) is 0 Å². The highest BCUT2D eigenvalue weighted by molar-refractivity contribution is 7.80. The van der Waals surface area contributed by atoms with Crippen molar-refractivity contribution in [3.05, 3.63) is 64.7 Å². The SMILES string of the molecule is Cc1ccc(NC(=S)N[C@H](c2ccccc2C)C(C)C)c(C)c1. The Kier molecular flexibility index (Phi) is 5.78. The van der Waals surface area contributed by atoms with Crippen molar-refractivity contribution in [3.63, 3.8) is 0 Å². The highest BCUT2D eigenvalue weighted by Crippen LogP contribution is 2.25. The second-order valence-electron chi connectivity index (χ2n) is 6.50. The van der Waals surface area contributed by atoms with Crippen LogP contribution in [-0.2, 0) is 0 Å². The van der Waals surface area contributed by atoms with Gasteiger partial charge in [-0.3, -0.25) is 0 Å². The Bertz CT molecular complexity index is 692. The Hall–Kier alpha value is -1.87.